The van der Waals surface area contributed by atoms with Crippen molar-refractivity contribution >= 4 is 23.8 Å². The Labute approximate surface area is 251 Å². The highest BCUT2D eigenvalue weighted by molar-refractivity contribution is 6.07. The predicted molar refractivity (Wildman–Crippen MR) is 156 cm³/mol. The lowest BCUT2D eigenvalue weighted by Gasteiger charge is -2.44. The van der Waals surface area contributed by atoms with Gasteiger partial charge in [-0.25, -0.2) is 9.18 Å². The van der Waals surface area contributed by atoms with Crippen molar-refractivity contribution in [1.82, 2.24) is 20.4 Å². The van der Waals surface area contributed by atoms with Crippen molar-refractivity contribution < 1.29 is 28.3 Å². The summed E-state index contributed by atoms with van der Waals surface area (Å²) in [5, 5.41) is 4.93. The molecule has 2 aromatic rings. The number of benzene rings is 2. The van der Waals surface area contributed by atoms with Gasteiger partial charge >= 0.3 is 6.03 Å². The lowest BCUT2D eigenvalue weighted by molar-refractivity contribution is -0.150. The SMILES string of the molecule is O=C1NC(=O)C(CCC(=O)N2CCC3(CCCCc4ccccc4OC[C@@H]4CCCN4C3=O)CC2)(c2ccc(F)cc2)N1. The van der Waals surface area contributed by atoms with Gasteiger partial charge in [0.25, 0.3) is 5.91 Å². The molecule has 2 atom stereocenters. The smallest absolute Gasteiger partial charge is 0.322 e. The third-order valence-corrected chi connectivity index (χ3v) is 9.91. The number of imide groups is 1. The molecule has 0 bridgehead atoms. The maximum atomic E-state index is 14.2. The van der Waals surface area contributed by atoms with Crippen molar-refractivity contribution in [3.05, 3.63) is 65.5 Å². The quantitative estimate of drug-likeness (QED) is 0.523. The molecule has 0 saturated carbocycles. The first-order chi connectivity index (χ1) is 20.8. The highest BCUT2D eigenvalue weighted by atomic mass is 19.1. The van der Waals surface area contributed by atoms with Crippen molar-refractivity contribution in [3.63, 3.8) is 0 Å². The van der Waals surface area contributed by atoms with Crippen LogP contribution in [0.25, 0.3) is 0 Å². The lowest BCUT2D eigenvalue weighted by Crippen LogP contribution is -2.53. The molecule has 2 N–H and O–H groups in total. The molecular formula is C33H39FN4O5. The largest absolute Gasteiger partial charge is 0.491 e. The van der Waals surface area contributed by atoms with Crippen LogP contribution in [0.5, 0.6) is 5.75 Å². The summed E-state index contributed by atoms with van der Waals surface area (Å²) in [6.07, 6.45) is 6.72. The fourth-order valence-electron chi connectivity index (χ4n) is 7.35. The maximum absolute atomic E-state index is 14.2. The number of likely N-dealkylation sites (tertiary alicyclic amines) is 1. The fourth-order valence-corrected chi connectivity index (χ4v) is 7.35. The second kappa shape index (κ2) is 12.0. The van der Waals surface area contributed by atoms with E-state index in [2.05, 4.69) is 16.7 Å². The van der Waals surface area contributed by atoms with E-state index < -0.39 is 28.7 Å². The maximum Gasteiger partial charge on any atom is 0.322 e. The molecule has 228 valence electrons. The molecule has 0 aromatic heterocycles. The van der Waals surface area contributed by atoms with E-state index in [1.165, 1.54) is 29.8 Å². The van der Waals surface area contributed by atoms with Gasteiger partial charge in [0.05, 0.1) is 11.5 Å². The predicted octanol–water partition coefficient (Wildman–Crippen LogP) is 4.05. The molecule has 0 aliphatic carbocycles. The van der Waals surface area contributed by atoms with Crippen molar-refractivity contribution in [2.45, 2.75) is 75.8 Å². The number of amides is 5. The van der Waals surface area contributed by atoms with Crippen LogP contribution in [0, 0.1) is 11.2 Å². The van der Waals surface area contributed by atoms with Gasteiger partial charge in [-0.3, -0.25) is 19.7 Å². The molecule has 4 aliphatic rings. The summed E-state index contributed by atoms with van der Waals surface area (Å²) in [5.41, 5.74) is -0.314. The van der Waals surface area contributed by atoms with E-state index in [9.17, 15) is 23.6 Å². The van der Waals surface area contributed by atoms with Gasteiger partial charge < -0.3 is 19.9 Å². The number of piperidine rings is 1. The Bertz CT molecular complexity index is 1390. The molecule has 4 heterocycles. The van der Waals surface area contributed by atoms with Gasteiger partial charge in [-0.15, -0.1) is 0 Å². The molecule has 1 unspecified atom stereocenters. The highest BCUT2D eigenvalue weighted by Gasteiger charge is 2.49. The number of carbonyl (C=O) groups is 4. The normalized spacial score (nSPS) is 25.6. The number of rotatable bonds is 4. The van der Waals surface area contributed by atoms with Gasteiger partial charge in [-0.2, -0.15) is 0 Å². The summed E-state index contributed by atoms with van der Waals surface area (Å²) >= 11 is 0. The summed E-state index contributed by atoms with van der Waals surface area (Å²) in [6, 6.07) is 13.0. The number of nitrogens with zero attached hydrogens (tertiary/aromatic N) is 2. The second-order valence-corrected chi connectivity index (χ2v) is 12.4. The van der Waals surface area contributed by atoms with Gasteiger partial charge in [0, 0.05) is 26.1 Å². The molecule has 0 radical (unpaired) electrons. The summed E-state index contributed by atoms with van der Waals surface area (Å²) in [5.74, 6) is -0.0317. The van der Waals surface area contributed by atoms with Crippen LogP contribution < -0.4 is 15.4 Å². The summed E-state index contributed by atoms with van der Waals surface area (Å²) < 4.78 is 19.8. The van der Waals surface area contributed by atoms with Crippen molar-refractivity contribution in [2.24, 2.45) is 5.41 Å². The summed E-state index contributed by atoms with van der Waals surface area (Å²) in [6.45, 7) is 2.15. The third-order valence-electron chi connectivity index (χ3n) is 9.91. The highest BCUT2D eigenvalue weighted by Crippen LogP contribution is 2.41. The van der Waals surface area contributed by atoms with Gasteiger partial charge in [0.1, 0.15) is 23.7 Å². The van der Waals surface area contributed by atoms with Crippen LogP contribution in [0.1, 0.15) is 68.9 Å². The first-order valence-corrected chi connectivity index (χ1v) is 15.5. The van der Waals surface area contributed by atoms with Crippen LogP contribution in [0.4, 0.5) is 9.18 Å². The minimum atomic E-state index is -1.44. The molecule has 6 rings (SSSR count). The molecular weight excluding hydrogens is 551 g/mol. The summed E-state index contributed by atoms with van der Waals surface area (Å²) in [4.78, 5) is 56.4. The molecule has 4 aliphatic heterocycles. The van der Waals surface area contributed by atoms with Gasteiger partial charge in [-0.05, 0) is 80.7 Å². The number of aryl methyl sites for hydroxylation is 1. The molecule has 2 aromatic carbocycles. The Morgan fingerprint density at radius 1 is 0.953 bits per heavy atom. The van der Waals surface area contributed by atoms with E-state index in [4.69, 9.17) is 4.74 Å². The zero-order chi connectivity index (χ0) is 30.0. The van der Waals surface area contributed by atoms with Gasteiger partial charge in [-0.1, -0.05) is 36.8 Å². The van der Waals surface area contributed by atoms with E-state index in [0.717, 1.165) is 50.8 Å². The number of halogens is 1. The molecule has 3 fully saturated rings. The number of fused-ring (bicyclic) bond motifs is 2. The average Bonchev–Trinajstić information content (AvgIpc) is 3.60. The van der Waals surface area contributed by atoms with E-state index >= 15 is 0 Å². The number of ether oxygens (including phenoxy) is 1. The van der Waals surface area contributed by atoms with Crippen LogP contribution in [0.3, 0.4) is 0 Å². The van der Waals surface area contributed by atoms with Crippen molar-refractivity contribution in [2.75, 3.05) is 26.2 Å². The lowest BCUT2D eigenvalue weighted by atomic mass is 9.72. The molecule has 3 saturated heterocycles. The second-order valence-electron chi connectivity index (χ2n) is 12.4. The molecule has 43 heavy (non-hydrogen) atoms. The van der Waals surface area contributed by atoms with Gasteiger partial charge in [0.2, 0.25) is 11.8 Å². The topological polar surface area (TPSA) is 108 Å². The average molecular weight is 591 g/mol. The summed E-state index contributed by atoms with van der Waals surface area (Å²) in [7, 11) is 0. The molecule has 1 spiro atoms. The van der Waals surface area contributed by atoms with Crippen LogP contribution in [-0.4, -0.2) is 65.8 Å². The number of urea groups is 1. The van der Waals surface area contributed by atoms with Gasteiger partial charge in [0.15, 0.2) is 0 Å². The Hall–Kier alpha value is -3.95. The van der Waals surface area contributed by atoms with E-state index in [1.54, 1.807) is 4.90 Å². The Balaban J connectivity index is 1.13. The zero-order valence-corrected chi connectivity index (χ0v) is 24.4. The van der Waals surface area contributed by atoms with E-state index in [1.807, 2.05) is 23.1 Å². The van der Waals surface area contributed by atoms with Crippen LogP contribution in [0.2, 0.25) is 0 Å². The van der Waals surface area contributed by atoms with Crippen molar-refractivity contribution in [3.8, 4) is 5.75 Å². The third kappa shape index (κ3) is 5.71. The molecule has 9 nitrogen and oxygen atoms in total. The first-order valence-electron chi connectivity index (χ1n) is 15.5. The minimum Gasteiger partial charge on any atom is -0.491 e. The fraction of sp³-hybridized carbons (Fsp3) is 0.515. The van der Waals surface area contributed by atoms with Crippen LogP contribution >= 0.6 is 0 Å². The zero-order valence-electron chi connectivity index (χ0n) is 24.4. The van der Waals surface area contributed by atoms with Crippen LogP contribution in [-0.2, 0) is 26.3 Å². The monoisotopic (exact) mass is 590 g/mol. The first kappa shape index (κ1) is 29.1. The number of para-hydroxylation sites is 1. The Kier molecular flexibility index (Phi) is 8.11. The minimum absolute atomic E-state index is 0.0248. The molecule has 10 heteroatoms. The number of hydrogen-bond acceptors (Lipinski definition) is 5. The standard InChI is InChI=1S/C33H39FN4O5/c34-25-12-10-24(11-13-25)33(29(40)35-31(42)36-33)16-14-28(39)37-20-17-32(18-21-37)15-4-3-7-23-6-1-2-9-27(23)43-22-26-8-5-19-38(26)30(32)41/h1-2,6,9-13,26H,3-5,7-8,14-22H2,(H2,35,36,40,42)/t26-,33?/m0/s1. The van der Waals surface area contributed by atoms with Crippen LogP contribution in [0.15, 0.2) is 48.5 Å². The molecule has 5 amide bonds. The Morgan fingerprint density at radius 2 is 1.72 bits per heavy atom. The Morgan fingerprint density at radius 3 is 2.47 bits per heavy atom. The van der Waals surface area contributed by atoms with E-state index in [-0.39, 0.29) is 30.7 Å². The number of hydrogen-bond donors (Lipinski definition) is 2. The number of nitrogens with one attached hydrogen (secondary N) is 2. The van der Waals surface area contributed by atoms with Crippen molar-refractivity contribution in [1.29, 1.82) is 0 Å². The number of carbonyl (C=O) groups excluding carboxylic acids is 4. The van der Waals surface area contributed by atoms with E-state index in [0.29, 0.717) is 38.1 Å².